The van der Waals surface area contributed by atoms with Crippen molar-refractivity contribution in [3.63, 3.8) is 0 Å². The van der Waals surface area contributed by atoms with Crippen LogP contribution in [0, 0.1) is 17.7 Å². The fourth-order valence-corrected chi connectivity index (χ4v) is 2.60. The van der Waals surface area contributed by atoms with E-state index in [-0.39, 0.29) is 5.69 Å². The Hall–Kier alpha value is -2.17. The van der Waals surface area contributed by atoms with Crippen LogP contribution < -0.4 is 10.4 Å². The lowest BCUT2D eigenvalue weighted by Crippen LogP contribution is -2.42. The Morgan fingerprint density at radius 1 is 1.14 bits per heavy atom. The molecule has 21 heavy (non-hydrogen) atoms. The number of allylic oxidation sites excluding steroid dienone is 2. The van der Waals surface area contributed by atoms with Crippen molar-refractivity contribution in [1.29, 1.82) is 0 Å². The van der Waals surface area contributed by atoms with Crippen LogP contribution in [0.15, 0.2) is 35.4 Å². The van der Waals surface area contributed by atoms with E-state index < -0.39 is 29.5 Å². The summed E-state index contributed by atoms with van der Waals surface area (Å²) < 4.78 is 13.6. The quantitative estimate of drug-likeness (QED) is 0.864. The number of anilines is 1. The average molecular weight is 290 g/mol. The third-order valence-electron chi connectivity index (χ3n) is 4.04. The zero-order chi connectivity index (χ0) is 15.6. The second-order valence-electron chi connectivity index (χ2n) is 5.47. The molecule has 0 radical (unpaired) electrons. The molecule has 1 aliphatic carbocycles. The van der Waals surface area contributed by atoms with Crippen molar-refractivity contribution in [2.75, 3.05) is 5.32 Å². The number of amides is 1. The van der Waals surface area contributed by atoms with Gasteiger partial charge in [0, 0.05) is 11.9 Å². The number of aliphatic carboxylic acids is 1. The second-order valence-corrected chi connectivity index (χ2v) is 5.47. The van der Waals surface area contributed by atoms with Crippen molar-refractivity contribution in [2.24, 2.45) is 11.8 Å². The van der Waals surface area contributed by atoms with Crippen LogP contribution in [0.3, 0.4) is 0 Å². The van der Waals surface area contributed by atoms with Gasteiger partial charge in [0.2, 0.25) is 5.91 Å². The average Bonchev–Trinajstić information content (AvgIpc) is 2.43. The van der Waals surface area contributed by atoms with Gasteiger partial charge in [0.15, 0.2) is 0 Å². The van der Waals surface area contributed by atoms with Crippen molar-refractivity contribution in [1.82, 2.24) is 0 Å². The summed E-state index contributed by atoms with van der Waals surface area (Å²) in [5.74, 6) is -3.88. The van der Waals surface area contributed by atoms with Crippen LogP contribution in [-0.2, 0) is 9.59 Å². The van der Waals surface area contributed by atoms with Gasteiger partial charge in [0.05, 0.1) is 11.6 Å². The van der Waals surface area contributed by atoms with Gasteiger partial charge in [0.25, 0.3) is 0 Å². The molecule has 0 bridgehead atoms. The summed E-state index contributed by atoms with van der Waals surface area (Å²) in [6.07, 6.45) is 0.647. The van der Waals surface area contributed by atoms with Gasteiger partial charge >= 0.3 is 0 Å². The number of para-hydroxylation sites is 1. The number of carboxylic acid groups (broad SMARTS) is 1. The first-order chi connectivity index (χ1) is 9.90. The maximum Gasteiger partial charge on any atom is 0.228 e. The summed E-state index contributed by atoms with van der Waals surface area (Å²) in [6, 6.07) is 5.80. The molecule has 5 heteroatoms. The van der Waals surface area contributed by atoms with E-state index in [1.807, 2.05) is 13.8 Å². The maximum absolute atomic E-state index is 13.6. The number of hydrogen-bond donors (Lipinski definition) is 1. The van der Waals surface area contributed by atoms with Crippen LogP contribution in [0.25, 0.3) is 0 Å². The van der Waals surface area contributed by atoms with Gasteiger partial charge in [0.1, 0.15) is 5.82 Å². The van der Waals surface area contributed by atoms with Gasteiger partial charge in [-0.2, -0.15) is 0 Å². The highest BCUT2D eigenvalue weighted by Gasteiger charge is 2.33. The van der Waals surface area contributed by atoms with Crippen LogP contribution in [0.2, 0.25) is 0 Å². The van der Waals surface area contributed by atoms with Gasteiger partial charge in [-0.05, 0) is 38.8 Å². The molecular formula is C16H17FNO3-. The van der Waals surface area contributed by atoms with Crippen molar-refractivity contribution >= 4 is 17.6 Å². The van der Waals surface area contributed by atoms with Crippen LogP contribution in [-0.4, -0.2) is 11.9 Å². The summed E-state index contributed by atoms with van der Waals surface area (Å²) >= 11 is 0. The predicted octanol–water partition coefficient (Wildman–Crippen LogP) is 1.88. The third kappa shape index (κ3) is 3.29. The van der Waals surface area contributed by atoms with Gasteiger partial charge < -0.3 is 15.2 Å². The molecule has 4 nitrogen and oxygen atoms in total. The Morgan fingerprint density at radius 3 is 2.29 bits per heavy atom. The zero-order valence-electron chi connectivity index (χ0n) is 12.0. The molecule has 0 fully saturated rings. The lowest BCUT2D eigenvalue weighted by molar-refractivity contribution is -0.313. The second kappa shape index (κ2) is 6.08. The van der Waals surface area contributed by atoms with E-state index in [0.717, 1.165) is 11.1 Å². The highest BCUT2D eigenvalue weighted by molar-refractivity contribution is 5.95. The molecule has 0 heterocycles. The van der Waals surface area contributed by atoms with Gasteiger partial charge in [-0.25, -0.2) is 4.39 Å². The minimum atomic E-state index is -1.24. The van der Waals surface area contributed by atoms with Gasteiger partial charge in [-0.3, -0.25) is 4.79 Å². The lowest BCUT2D eigenvalue weighted by Gasteiger charge is -2.32. The lowest BCUT2D eigenvalue weighted by atomic mass is 9.76. The Morgan fingerprint density at radius 2 is 1.71 bits per heavy atom. The summed E-state index contributed by atoms with van der Waals surface area (Å²) in [5, 5.41) is 13.7. The van der Waals surface area contributed by atoms with Crippen LogP contribution in [0.1, 0.15) is 26.7 Å². The highest BCUT2D eigenvalue weighted by Crippen LogP contribution is 2.34. The molecule has 0 saturated heterocycles. The molecule has 0 unspecified atom stereocenters. The molecule has 2 atom stereocenters. The van der Waals surface area contributed by atoms with E-state index in [4.69, 9.17) is 0 Å². The zero-order valence-corrected chi connectivity index (χ0v) is 12.0. The Labute approximate surface area is 122 Å². The monoisotopic (exact) mass is 290 g/mol. The van der Waals surface area contributed by atoms with Crippen molar-refractivity contribution in [3.8, 4) is 0 Å². The molecule has 0 saturated carbocycles. The van der Waals surface area contributed by atoms with Crippen LogP contribution in [0.5, 0.6) is 0 Å². The predicted molar refractivity (Wildman–Crippen MR) is 74.6 cm³/mol. The molecule has 1 N–H and O–H groups in total. The fourth-order valence-electron chi connectivity index (χ4n) is 2.60. The highest BCUT2D eigenvalue weighted by atomic mass is 19.1. The number of hydrogen-bond acceptors (Lipinski definition) is 3. The molecule has 112 valence electrons. The molecule has 1 aromatic rings. The summed E-state index contributed by atoms with van der Waals surface area (Å²) in [4.78, 5) is 23.5. The number of nitrogens with one attached hydrogen (secondary N) is 1. The minimum absolute atomic E-state index is 0.0588. The van der Waals surface area contributed by atoms with Crippen LogP contribution >= 0.6 is 0 Å². The summed E-state index contributed by atoms with van der Waals surface area (Å²) in [5.41, 5.74) is 2.03. The van der Waals surface area contributed by atoms with E-state index in [1.165, 1.54) is 18.2 Å². The Kier molecular flexibility index (Phi) is 4.40. The van der Waals surface area contributed by atoms with Gasteiger partial charge in [-0.15, -0.1) is 0 Å². The van der Waals surface area contributed by atoms with E-state index in [2.05, 4.69) is 5.32 Å². The number of carboxylic acids is 1. The SMILES string of the molecule is CC1=C(C)C[C@H](C(=O)Nc2ccccc2F)[C@@H](C(=O)[O-])C1. The molecule has 1 amide bonds. The molecule has 2 rings (SSSR count). The summed E-state index contributed by atoms with van der Waals surface area (Å²) in [7, 11) is 0. The standard InChI is InChI=1S/C16H18FNO3/c1-9-7-11(12(16(20)21)8-10(9)2)15(19)18-14-6-4-3-5-13(14)17/h3-6,11-12H,7-8H2,1-2H3,(H,18,19)(H,20,21)/p-1/t11-,12-/m0/s1. The number of benzene rings is 1. The van der Waals surface area contributed by atoms with E-state index in [1.54, 1.807) is 6.07 Å². The molecule has 0 spiro atoms. The first kappa shape index (κ1) is 15.2. The normalized spacial score (nSPS) is 22.0. The van der Waals surface area contributed by atoms with E-state index in [0.29, 0.717) is 12.8 Å². The van der Waals surface area contributed by atoms with Crippen molar-refractivity contribution in [3.05, 3.63) is 41.2 Å². The van der Waals surface area contributed by atoms with Crippen molar-refractivity contribution < 1.29 is 19.1 Å². The van der Waals surface area contributed by atoms with E-state index in [9.17, 15) is 19.1 Å². The largest absolute Gasteiger partial charge is 0.550 e. The number of halogens is 1. The van der Waals surface area contributed by atoms with Crippen LogP contribution in [0.4, 0.5) is 10.1 Å². The third-order valence-corrected chi connectivity index (χ3v) is 4.04. The van der Waals surface area contributed by atoms with Crippen molar-refractivity contribution in [2.45, 2.75) is 26.7 Å². The fraction of sp³-hybridized carbons (Fsp3) is 0.375. The van der Waals surface area contributed by atoms with E-state index >= 15 is 0 Å². The first-order valence-electron chi connectivity index (χ1n) is 6.81. The molecule has 0 aromatic heterocycles. The Bertz CT molecular complexity index is 609. The molecule has 1 aromatic carbocycles. The van der Waals surface area contributed by atoms with Gasteiger partial charge in [-0.1, -0.05) is 23.3 Å². The molecule has 1 aliphatic rings. The summed E-state index contributed by atoms with van der Waals surface area (Å²) in [6.45, 7) is 3.74. The molecular weight excluding hydrogens is 273 g/mol. The topological polar surface area (TPSA) is 69.2 Å². The minimum Gasteiger partial charge on any atom is -0.550 e. The smallest absolute Gasteiger partial charge is 0.228 e. The Balaban J connectivity index is 2.21. The maximum atomic E-state index is 13.6. The number of rotatable bonds is 3. The number of carbonyl (C=O) groups is 2. The molecule has 0 aliphatic heterocycles. The first-order valence-corrected chi connectivity index (χ1v) is 6.81. The number of carbonyl (C=O) groups excluding carboxylic acids is 2.